The van der Waals surface area contributed by atoms with Crippen LogP contribution in [0.15, 0.2) is 42.6 Å². The summed E-state index contributed by atoms with van der Waals surface area (Å²) in [4.78, 5) is 19.9. The first-order valence-electron chi connectivity index (χ1n) is 12.7. The van der Waals surface area contributed by atoms with Gasteiger partial charge in [-0.15, -0.1) is 0 Å². The predicted octanol–water partition coefficient (Wildman–Crippen LogP) is 4.14. The summed E-state index contributed by atoms with van der Waals surface area (Å²) in [6.45, 7) is 3.57. The van der Waals surface area contributed by atoms with Gasteiger partial charge < -0.3 is 20.5 Å². The Balaban J connectivity index is 1.37. The number of piperidine rings is 1. The van der Waals surface area contributed by atoms with Gasteiger partial charge in [-0.3, -0.25) is 10.1 Å². The standard InChI is InChI=1S/C27H30FN9/c1-37(2)12-11-30-19-14-17(13-18(28)15-19)23-24-21(7-10-31-23)33-27(34-24)26-25-22(35-36-26)4-3-20(32-25)16-5-8-29-9-6-16/h3-4,7,10,13-16,29-30H,5-6,8-9,11-12H2,1-2H3,(H,33,34)(H,35,36). The first-order valence-corrected chi connectivity index (χ1v) is 12.7. The van der Waals surface area contributed by atoms with Crippen molar-refractivity contribution in [2.45, 2.75) is 18.8 Å². The highest BCUT2D eigenvalue weighted by Gasteiger charge is 2.21. The van der Waals surface area contributed by atoms with E-state index in [0.29, 0.717) is 46.4 Å². The van der Waals surface area contributed by atoms with E-state index >= 15 is 0 Å². The van der Waals surface area contributed by atoms with Crippen LogP contribution >= 0.6 is 0 Å². The lowest BCUT2D eigenvalue weighted by Gasteiger charge is -2.22. The highest BCUT2D eigenvalue weighted by Crippen LogP contribution is 2.32. The lowest BCUT2D eigenvalue weighted by atomic mass is 9.94. The van der Waals surface area contributed by atoms with Crippen molar-refractivity contribution in [2.75, 3.05) is 45.6 Å². The molecule has 1 aromatic carbocycles. The van der Waals surface area contributed by atoms with Crippen LogP contribution in [-0.4, -0.2) is 75.3 Å². The maximum absolute atomic E-state index is 14.6. The molecule has 0 unspecified atom stereocenters. The first kappa shape index (κ1) is 23.5. The highest BCUT2D eigenvalue weighted by atomic mass is 19.1. The van der Waals surface area contributed by atoms with Gasteiger partial charge in [0, 0.05) is 42.1 Å². The van der Waals surface area contributed by atoms with Crippen LogP contribution < -0.4 is 10.6 Å². The number of nitrogens with zero attached hydrogens (tertiary/aromatic N) is 5. The number of nitrogens with one attached hydrogen (secondary N) is 4. The fraction of sp³-hybridized carbons (Fsp3) is 0.333. The van der Waals surface area contributed by atoms with E-state index in [4.69, 9.17) is 9.97 Å². The average molecular weight is 500 g/mol. The molecule has 5 heterocycles. The second kappa shape index (κ2) is 9.87. The summed E-state index contributed by atoms with van der Waals surface area (Å²) in [5.74, 6) is 0.715. The molecule has 37 heavy (non-hydrogen) atoms. The summed E-state index contributed by atoms with van der Waals surface area (Å²) >= 11 is 0. The Kier molecular flexibility index (Phi) is 6.27. The maximum Gasteiger partial charge on any atom is 0.161 e. The van der Waals surface area contributed by atoms with Crippen molar-refractivity contribution in [1.82, 2.24) is 40.3 Å². The molecule has 1 saturated heterocycles. The van der Waals surface area contributed by atoms with Gasteiger partial charge in [0.05, 0.1) is 16.7 Å². The van der Waals surface area contributed by atoms with Crippen molar-refractivity contribution in [1.29, 1.82) is 0 Å². The molecule has 4 aromatic heterocycles. The van der Waals surface area contributed by atoms with Crippen LogP contribution in [0, 0.1) is 5.82 Å². The molecule has 0 saturated carbocycles. The van der Waals surface area contributed by atoms with Crippen molar-refractivity contribution in [3.8, 4) is 22.8 Å². The number of imidazole rings is 1. The number of halogens is 1. The molecule has 0 radical (unpaired) electrons. The summed E-state index contributed by atoms with van der Waals surface area (Å²) in [6, 6.07) is 10.9. The molecule has 1 fully saturated rings. The van der Waals surface area contributed by atoms with Gasteiger partial charge in [0.15, 0.2) is 11.5 Å². The Hall–Kier alpha value is -3.89. The topological polar surface area (TPSA) is 110 Å². The minimum atomic E-state index is -0.327. The largest absolute Gasteiger partial charge is 0.384 e. The third kappa shape index (κ3) is 4.77. The zero-order valence-electron chi connectivity index (χ0n) is 21.0. The minimum Gasteiger partial charge on any atom is -0.384 e. The number of pyridine rings is 2. The van der Waals surface area contributed by atoms with Crippen LogP contribution in [0.2, 0.25) is 0 Å². The fourth-order valence-corrected chi connectivity index (χ4v) is 4.94. The molecule has 0 amide bonds. The number of hydrogen-bond acceptors (Lipinski definition) is 7. The molecule has 0 aliphatic carbocycles. The number of fused-ring (bicyclic) bond motifs is 2. The molecule has 9 nitrogen and oxygen atoms in total. The van der Waals surface area contributed by atoms with Crippen molar-refractivity contribution in [2.24, 2.45) is 0 Å². The van der Waals surface area contributed by atoms with Gasteiger partial charge in [0.1, 0.15) is 16.9 Å². The summed E-state index contributed by atoms with van der Waals surface area (Å²) in [6.07, 6.45) is 3.86. The molecule has 0 bridgehead atoms. The van der Waals surface area contributed by atoms with E-state index in [2.05, 4.69) is 41.8 Å². The van der Waals surface area contributed by atoms with Crippen LogP contribution in [0.1, 0.15) is 24.5 Å². The molecule has 6 rings (SSSR count). The van der Waals surface area contributed by atoms with Gasteiger partial charge in [0.25, 0.3) is 0 Å². The van der Waals surface area contributed by atoms with Crippen molar-refractivity contribution >= 4 is 27.8 Å². The predicted molar refractivity (Wildman–Crippen MR) is 144 cm³/mol. The van der Waals surface area contributed by atoms with Crippen molar-refractivity contribution < 1.29 is 4.39 Å². The van der Waals surface area contributed by atoms with Gasteiger partial charge in [-0.25, -0.2) is 14.4 Å². The van der Waals surface area contributed by atoms with E-state index < -0.39 is 0 Å². The summed E-state index contributed by atoms with van der Waals surface area (Å²) < 4.78 is 14.6. The van der Waals surface area contributed by atoms with Gasteiger partial charge in [-0.2, -0.15) is 5.10 Å². The van der Waals surface area contributed by atoms with E-state index in [1.807, 2.05) is 32.3 Å². The van der Waals surface area contributed by atoms with E-state index in [0.717, 1.165) is 54.7 Å². The second-order valence-electron chi connectivity index (χ2n) is 9.83. The molecule has 190 valence electrons. The maximum atomic E-state index is 14.6. The zero-order valence-corrected chi connectivity index (χ0v) is 21.0. The van der Waals surface area contributed by atoms with Gasteiger partial charge in [-0.1, -0.05) is 0 Å². The lowest BCUT2D eigenvalue weighted by Crippen LogP contribution is -2.27. The van der Waals surface area contributed by atoms with Gasteiger partial charge in [-0.05, 0) is 76.4 Å². The Morgan fingerprint density at radius 2 is 1.84 bits per heavy atom. The van der Waals surface area contributed by atoms with E-state index in [1.54, 1.807) is 6.20 Å². The van der Waals surface area contributed by atoms with Crippen LogP contribution in [0.4, 0.5) is 10.1 Å². The second-order valence-corrected chi connectivity index (χ2v) is 9.83. The first-order chi connectivity index (χ1) is 18.0. The van der Waals surface area contributed by atoms with E-state index in [1.165, 1.54) is 12.1 Å². The zero-order chi connectivity index (χ0) is 25.4. The van der Waals surface area contributed by atoms with E-state index in [-0.39, 0.29) is 5.82 Å². The molecule has 5 aromatic rings. The van der Waals surface area contributed by atoms with Crippen LogP contribution in [-0.2, 0) is 0 Å². The Labute approximate surface area is 213 Å². The Bertz CT molecular complexity index is 1550. The average Bonchev–Trinajstić information content (AvgIpc) is 3.52. The molecule has 1 aliphatic heterocycles. The van der Waals surface area contributed by atoms with Gasteiger partial charge in [0.2, 0.25) is 0 Å². The normalized spacial score (nSPS) is 14.7. The van der Waals surface area contributed by atoms with Gasteiger partial charge >= 0.3 is 0 Å². The lowest BCUT2D eigenvalue weighted by molar-refractivity contribution is 0.425. The SMILES string of the molecule is CN(C)CCNc1cc(F)cc(-c2nccc3[nH]c(-c4n[nH]c5ccc(C6CCNCC6)nc45)nc23)c1. The number of hydrogen-bond donors (Lipinski definition) is 4. The number of aromatic amines is 2. The number of rotatable bonds is 7. The van der Waals surface area contributed by atoms with Crippen molar-refractivity contribution in [3.63, 3.8) is 0 Å². The third-order valence-electron chi connectivity index (χ3n) is 6.87. The molecular weight excluding hydrogens is 469 g/mol. The number of anilines is 1. The minimum absolute atomic E-state index is 0.327. The number of aromatic nitrogens is 6. The molecule has 1 aliphatic rings. The summed E-state index contributed by atoms with van der Waals surface area (Å²) in [5, 5.41) is 14.3. The number of likely N-dealkylation sites (N-methyl/N-ethyl adjacent to an activating group) is 1. The smallest absolute Gasteiger partial charge is 0.161 e. The van der Waals surface area contributed by atoms with Crippen LogP contribution in [0.5, 0.6) is 0 Å². The van der Waals surface area contributed by atoms with Crippen LogP contribution in [0.3, 0.4) is 0 Å². The molecule has 4 N–H and O–H groups in total. The monoisotopic (exact) mass is 499 g/mol. The Morgan fingerprint density at radius 1 is 1.00 bits per heavy atom. The summed E-state index contributed by atoms with van der Waals surface area (Å²) in [5.41, 5.74) is 6.85. The third-order valence-corrected chi connectivity index (χ3v) is 6.87. The van der Waals surface area contributed by atoms with Crippen LogP contribution in [0.25, 0.3) is 44.8 Å². The molecule has 10 heteroatoms. The summed E-state index contributed by atoms with van der Waals surface area (Å²) in [7, 11) is 4.01. The highest BCUT2D eigenvalue weighted by molar-refractivity contribution is 5.94. The number of H-pyrrole nitrogens is 2. The fourth-order valence-electron chi connectivity index (χ4n) is 4.94. The van der Waals surface area contributed by atoms with Crippen molar-refractivity contribution in [3.05, 3.63) is 54.1 Å². The Morgan fingerprint density at radius 3 is 2.68 bits per heavy atom. The molecule has 0 atom stereocenters. The van der Waals surface area contributed by atoms with E-state index in [9.17, 15) is 4.39 Å². The quantitative estimate of drug-likeness (QED) is 0.266. The molecular formula is C27H30FN9. The number of benzene rings is 1. The molecule has 0 spiro atoms.